The standard InChI is InChI=1S/C10H14N2O3/c1-13-7-10(15-3)12-8-4-5-9(14-2)11-6-8/h4-6H,7H2,1-3H3. The van der Waals surface area contributed by atoms with Crippen LogP contribution in [-0.4, -0.2) is 38.8 Å². The van der Waals surface area contributed by atoms with Gasteiger partial charge in [0, 0.05) is 13.2 Å². The smallest absolute Gasteiger partial charge is 0.215 e. The van der Waals surface area contributed by atoms with Crippen LogP contribution in [-0.2, 0) is 9.47 Å². The summed E-state index contributed by atoms with van der Waals surface area (Å²) in [5, 5.41) is 0. The normalized spacial score (nSPS) is 11.3. The fourth-order valence-corrected chi connectivity index (χ4v) is 0.964. The maximum atomic E-state index is 5.02. The van der Waals surface area contributed by atoms with E-state index in [4.69, 9.17) is 14.2 Å². The lowest BCUT2D eigenvalue weighted by Gasteiger charge is -2.03. The molecule has 0 amide bonds. The fraction of sp³-hybridized carbons (Fsp3) is 0.400. The van der Waals surface area contributed by atoms with E-state index in [1.165, 1.54) is 0 Å². The maximum Gasteiger partial charge on any atom is 0.215 e. The molecule has 0 spiro atoms. The molecule has 0 bridgehead atoms. The van der Waals surface area contributed by atoms with E-state index in [0.29, 0.717) is 24.1 Å². The van der Waals surface area contributed by atoms with Crippen molar-refractivity contribution < 1.29 is 14.2 Å². The van der Waals surface area contributed by atoms with Gasteiger partial charge in [0.25, 0.3) is 0 Å². The Kier molecular flexibility index (Phi) is 4.56. The van der Waals surface area contributed by atoms with Crippen LogP contribution in [0.4, 0.5) is 5.69 Å². The molecule has 1 rings (SSSR count). The Morgan fingerprint density at radius 2 is 2.13 bits per heavy atom. The Hall–Kier alpha value is -1.62. The highest BCUT2D eigenvalue weighted by atomic mass is 16.5. The number of rotatable bonds is 4. The molecule has 0 aromatic carbocycles. The molecule has 0 radical (unpaired) electrons. The van der Waals surface area contributed by atoms with E-state index in [-0.39, 0.29) is 0 Å². The second-order valence-electron chi connectivity index (χ2n) is 2.70. The first-order valence-corrected chi connectivity index (χ1v) is 4.40. The number of aromatic nitrogens is 1. The third-order valence-corrected chi connectivity index (χ3v) is 1.69. The van der Waals surface area contributed by atoms with E-state index in [9.17, 15) is 0 Å². The van der Waals surface area contributed by atoms with Gasteiger partial charge in [-0.15, -0.1) is 0 Å². The molecule has 0 fully saturated rings. The molecule has 0 aliphatic rings. The van der Waals surface area contributed by atoms with Crippen molar-refractivity contribution in [1.29, 1.82) is 0 Å². The topological polar surface area (TPSA) is 52.9 Å². The summed E-state index contributed by atoms with van der Waals surface area (Å²) in [7, 11) is 4.70. The van der Waals surface area contributed by atoms with E-state index in [0.717, 1.165) is 0 Å². The molecule has 5 heteroatoms. The third-order valence-electron chi connectivity index (χ3n) is 1.69. The van der Waals surface area contributed by atoms with Gasteiger partial charge in [0.1, 0.15) is 6.61 Å². The molecule has 5 nitrogen and oxygen atoms in total. The first kappa shape index (κ1) is 11.5. The van der Waals surface area contributed by atoms with Crippen LogP contribution in [0.3, 0.4) is 0 Å². The van der Waals surface area contributed by atoms with Crippen LogP contribution >= 0.6 is 0 Å². The molecular formula is C10H14N2O3. The molecule has 0 unspecified atom stereocenters. The van der Waals surface area contributed by atoms with Crippen molar-refractivity contribution in [3.05, 3.63) is 18.3 Å². The second-order valence-corrected chi connectivity index (χ2v) is 2.70. The van der Waals surface area contributed by atoms with Crippen LogP contribution in [0.25, 0.3) is 0 Å². The number of methoxy groups -OCH3 is 3. The number of hydrogen-bond acceptors (Lipinski definition) is 5. The van der Waals surface area contributed by atoms with Crippen LogP contribution in [0.1, 0.15) is 0 Å². The second kappa shape index (κ2) is 5.98. The van der Waals surface area contributed by atoms with Gasteiger partial charge >= 0.3 is 0 Å². The van der Waals surface area contributed by atoms with Crippen LogP contribution in [0.15, 0.2) is 23.3 Å². The zero-order chi connectivity index (χ0) is 11.1. The van der Waals surface area contributed by atoms with E-state index >= 15 is 0 Å². The van der Waals surface area contributed by atoms with Gasteiger partial charge in [-0.3, -0.25) is 0 Å². The summed E-state index contributed by atoms with van der Waals surface area (Å²) >= 11 is 0. The number of nitrogens with zero attached hydrogens (tertiary/aromatic N) is 2. The SMILES string of the molecule is COCC(=Nc1ccc(OC)nc1)OC. The van der Waals surface area contributed by atoms with Gasteiger partial charge in [0.05, 0.1) is 26.1 Å². The van der Waals surface area contributed by atoms with Gasteiger partial charge < -0.3 is 14.2 Å². The molecule has 1 aromatic rings. The van der Waals surface area contributed by atoms with Crippen molar-refractivity contribution in [2.45, 2.75) is 0 Å². The lowest BCUT2D eigenvalue weighted by molar-refractivity contribution is 0.219. The molecule has 0 aliphatic heterocycles. The van der Waals surface area contributed by atoms with Crippen molar-refractivity contribution in [3.63, 3.8) is 0 Å². The number of hydrogen-bond donors (Lipinski definition) is 0. The van der Waals surface area contributed by atoms with E-state index in [2.05, 4.69) is 9.98 Å². The van der Waals surface area contributed by atoms with Gasteiger partial charge in [-0.2, -0.15) is 0 Å². The van der Waals surface area contributed by atoms with Gasteiger partial charge in [0.15, 0.2) is 0 Å². The average molecular weight is 210 g/mol. The van der Waals surface area contributed by atoms with E-state index in [1.807, 2.05) is 0 Å². The van der Waals surface area contributed by atoms with Crippen LogP contribution in [0.5, 0.6) is 5.88 Å². The minimum absolute atomic E-state index is 0.336. The van der Waals surface area contributed by atoms with Gasteiger partial charge in [0.2, 0.25) is 11.8 Å². The number of aliphatic imine (C=N–C) groups is 1. The Balaban J connectivity index is 2.77. The molecule has 82 valence electrons. The maximum absolute atomic E-state index is 5.02. The minimum Gasteiger partial charge on any atom is -0.482 e. The summed E-state index contributed by atoms with van der Waals surface area (Å²) in [6.45, 7) is 0.336. The summed E-state index contributed by atoms with van der Waals surface area (Å²) in [6.07, 6.45) is 1.60. The fourth-order valence-electron chi connectivity index (χ4n) is 0.964. The van der Waals surface area contributed by atoms with Crippen molar-refractivity contribution in [1.82, 2.24) is 4.98 Å². The zero-order valence-corrected chi connectivity index (χ0v) is 9.06. The summed E-state index contributed by atoms with van der Waals surface area (Å²) in [5.74, 6) is 1.06. The number of ether oxygens (including phenoxy) is 3. The van der Waals surface area contributed by atoms with Gasteiger partial charge in [-0.25, -0.2) is 9.98 Å². The molecule has 0 saturated carbocycles. The average Bonchev–Trinajstić information content (AvgIpc) is 2.29. The van der Waals surface area contributed by atoms with Crippen LogP contribution in [0.2, 0.25) is 0 Å². The molecular weight excluding hydrogens is 196 g/mol. The Labute approximate surface area is 88.7 Å². The minimum atomic E-state index is 0.336. The molecule has 1 aromatic heterocycles. The van der Waals surface area contributed by atoms with Crippen molar-refractivity contribution >= 4 is 11.6 Å². The summed E-state index contributed by atoms with van der Waals surface area (Å²) < 4.78 is 14.9. The molecule has 1 heterocycles. The van der Waals surface area contributed by atoms with E-state index in [1.54, 1.807) is 39.7 Å². The predicted octanol–water partition coefficient (Wildman–Crippen LogP) is 1.41. The summed E-state index contributed by atoms with van der Waals surface area (Å²) in [4.78, 5) is 8.21. The molecule has 15 heavy (non-hydrogen) atoms. The Morgan fingerprint density at radius 1 is 1.33 bits per heavy atom. The molecule has 0 saturated heterocycles. The first-order valence-electron chi connectivity index (χ1n) is 4.40. The van der Waals surface area contributed by atoms with Crippen LogP contribution < -0.4 is 4.74 Å². The van der Waals surface area contributed by atoms with Crippen molar-refractivity contribution in [2.24, 2.45) is 4.99 Å². The lowest BCUT2D eigenvalue weighted by Crippen LogP contribution is -2.08. The largest absolute Gasteiger partial charge is 0.482 e. The Morgan fingerprint density at radius 3 is 2.60 bits per heavy atom. The number of pyridine rings is 1. The van der Waals surface area contributed by atoms with Crippen LogP contribution in [0, 0.1) is 0 Å². The molecule has 0 aliphatic carbocycles. The van der Waals surface area contributed by atoms with Gasteiger partial charge in [-0.05, 0) is 6.07 Å². The van der Waals surface area contributed by atoms with E-state index < -0.39 is 0 Å². The van der Waals surface area contributed by atoms with Crippen molar-refractivity contribution in [2.75, 3.05) is 27.9 Å². The lowest BCUT2D eigenvalue weighted by atomic mass is 10.4. The monoisotopic (exact) mass is 210 g/mol. The summed E-state index contributed by atoms with van der Waals surface area (Å²) in [5.41, 5.74) is 0.699. The molecule has 0 atom stereocenters. The molecule has 0 N–H and O–H groups in total. The quantitative estimate of drug-likeness (QED) is 0.557. The first-order chi connectivity index (χ1) is 7.30. The van der Waals surface area contributed by atoms with Gasteiger partial charge in [-0.1, -0.05) is 0 Å². The highest BCUT2D eigenvalue weighted by Gasteiger charge is 1.99. The highest BCUT2D eigenvalue weighted by molar-refractivity contribution is 5.80. The Bertz CT molecular complexity index is 322. The summed E-state index contributed by atoms with van der Waals surface area (Å²) in [6, 6.07) is 3.53. The predicted molar refractivity (Wildman–Crippen MR) is 56.8 cm³/mol. The zero-order valence-electron chi connectivity index (χ0n) is 9.06. The van der Waals surface area contributed by atoms with Crippen molar-refractivity contribution in [3.8, 4) is 5.88 Å². The highest BCUT2D eigenvalue weighted by Crippen LogP contribution is 2.14. The third kappa shape index (κ3) is 3.55.